The Morgan fingerprint density at radius 2 is 2.14 bits per heavy atom. The number of fused-ring (bicyclic) bond motifs is 1. The maximum Gasteiger partial charge on any atom is 0.254 e. The Morgan fingerprint density at radius 3 is 2.89 bits per heavy atom. The van der Waals surface area contributed by atoms with E-state index in [4.69, 9.17) is 16.3 Å². The van der Waals surface area contributed by atoms with Crippen LogP contribution in [-0.4, -0.2) is 69.2 Å². The zero-order valence-electron chi connectivity index (χ0n) is 19.3. The summed E-state index contributed by atoms with van der Waals surface area (Å²) in [6.07, 6.45) is 3.30. The maximum atomic E-state index is 13.1. The molecule has 2 aromatic heterocycles. The van der Waals surface area contributed by atoms with Gasteiger partial charge in [-0.2, -0.15) is 0 Å². The Kier molecular flexibility index (Phi) is 7.42. The molecule has 5 rings (SSSR count). The molecule has 0 unspecified atom stereocenters. The third-order valence-corrected chi connectivity index (χ3v) is 7.10. The van der Waals surface area contributed by atoms with Gasteiger partial charge in [0, 0.05) is 42.3 Å². The minimum atomic E-state index is -0.612. The number of halogens is 1. The zero-order chi connectivity index (χ0) is 25.1. The van der Waals surface area contributed by atoms with Crippen molar-refractivity contribution in [3.8, 4) is 11.3 Å². The molecule has 2 aliphatic rings. The summed E-state index contributed by atoms with van der Waals surface area (Å²) in [5.74, 6) is -0.141. The van der Waals surface area contributed by atoms with Crippen molar-refractivity contribution >= 4 is 40.7 Å². The van der Waals surface area contributed by atoms with E-state index in [-0.39, 0.29) is 31.0 Å². The van der Waals surface area contributed by atoms with E-state index in [0.717, 1.165) is 18.4 Å². The molecule has 0 bridgehead atoms. The predicted molar refractivity (Wildman–Crippen MR) is 135 cm³/mol. The van der Waals surface area contributed by atoms with Crippen molar-refractivity contribution in [2.24, 2.45) is 0 Å². The van der Waals surface area contributed by atoms with Crippen LogP contribution in [0.3, 0.4) is 0 Å². The molecule has 2 amide bonds. The number of aliphatic hydroxyl groups is 1. The number of rotatable bonds is 8. The summed E-state index contributed by atoms with van der Waals surface area (Å²) in [7, 11) is 0. The van der Waals surface area contributed by atoms with Crippen LogP contribution in [0.1, 0.15) is 40.5 Å². The average molecular weight is 529 g/mol. The van der Waals surface area contributed by atoms with Crippen molar-refractivity contribution in [1.29, 1.82) is 0 Å². The summed E-state index contributed by atoms with van der Waals surface area (Å²) >= 11 is 7.80. The van der Waals surface area contributed by atoms with Gasteiger partial charge in [0.15, 0.2) is 0 Å². The SMILES string of the molecule is O=C(CN1Cc2ccc(-c3nc(NC4CCOCC4)ncc3Cl)cc2C1=O)N[C@H](CO)c1cscn1. The number of thiazole rings is 1. The smallest absolute Gasteiger partial charge is 0.254 e. The number of benzene rings is 1. The van der Waals surface area contributed by atoms with Crippen LogP contribution >= 0.6 is 22.9 Å². The van der Waals surface area contributed by atoms with Gasteiger partial charge in [0.2, 0.25) is 11.9 Å². The van der Waals surface area contributed by atoms with Crippen molar-refractivity contribution in [2.75, 3.05) is 31.7 Å². The van der Waals surface area contributed by atoms with Gasteiger partial charge in [-0.1, -0.05) is 23.7 Å². The van der Waals surface area contributed by atoms with Crippen LogP contribution in [0.25, 0.3) is 11.3 Å². The fourth-order valence-corrected chi connectivity index (χ4v) is 5.13. The highest BCUT2D eigenvalue weighted by Gasteiger charge is 2.30. The number of aliphatic hydroxyl groups excluding tert-OH is 1. The molecule has 0 saturated carbocycles. The van der Waals surface area contributed by atoms with E-state index in [1.165, 1.54) is 16.2 Å². The number of nitrogens with zero attached hydrogens (tertiary/aromatic N) is 4. The Hall–Kier alpha value is -3.12. The van der Waals surface area contributed by atoms with E-state index >= 15 is 0 Å². The minimum Gasteiger partial charge on any atom is -0.394 e. The number of nitrogens with one attached hydrogen (secondary N) is 2. The first-order valence-electron chi connectivity index (χ1n) is 11.6. The van der Waals surface area contributed by atoms with Crippen molar-refractivity contribution < 1.29 is 19.4 Å². The normalized spacial score (nSPS) is 16.6. The van der Waals surface area contributed by atoms with Crippen LogP contribution in [0.4, 0.5) is 5.95 Å². The molecule has 1 aromatic carbocycles. The monoisotopic (exact) mass is 528 g/mol. The van der Waals surface area contributed by atoms with Gasteiger partial charge in [-0.25, -0.2) is 15.0 Å². The molecule has 3 N–H and O–H groups in total. The number of amides is 2. The molecule has 36 heavy (non-hydrogen) atoms. The lowest BCUT2D eigenvalue weighted by molar-refractivity contribution is -0.122. The summed E-state index contributed by atoms with van der Waals surface area (Å²) in [5, 5.41) is 17.8. The number of carbonyl (C=O) groups excluding carboxylic acids is 2. The van der Waals surface area contributed by atoms with Gasteiger partial charge >= 0.3 is 0 Å². The molecule has 1 saturated heterocycles. The molecule has 1 atom stereocenters. The number of anilines is 1. The van der Waals surface area contributed by atoms with Gasteiger partial charge in [0.05, 0.1) is 40.8 Å². The maximum absolute atomic E-state index is 13.1. The molecule has 188 valence electrons. The Morgan fingerprint density at radius 1 is 1.31 bits per heavy atom. The fourth-order valence-electron chi connectivity index (χ4n) is 4.32. The molecule has 0 aliphatic carbocycles. The Labute approximate surface area is 216 Å². The number of carbonyl (C=O) groups is 2. The fraction of sp³-hybridized carbons (Fsp3) is 0.375. The molecule has 1 fully saturated rings. The molecule has 10 nitrogen and oxygen atoms in total. The van der Waals surface area contributed by atoms with Crippen molar-refractivity contribution in [1.82, 2.24) is 25.2 Å². The first-order valence-corrected chi connectivity index (χ1v) is 12.9. The van der Waals surface area contributed by atoms with E-state index in [1.54, 1.807) is 23.2 Å². The van der Waals surface area contributed by atoms with Crippen LogP contribution in [-0.2, 0) is 16.1 Å². The highest BCUT2D eigenvalue weighted by Crippen LogP contribution is 2.31. The second-order valence-electron chi connectivity index (χ2n) is 8.67. The predicted octanol–water partition coefficient (Wildman–Crippen LogP) is 2.65. The van der Waals surface area contributed by atoms with E-state index in [9.17, 15) is 14.7 Å². The van der Waals surface area contributed by atoms with Gasteiger partial charge in [-0.15, -0.1) is 11.3 Å². The van der Waals surface area contributed by atoms with Gasteiger partial charge in [-0.3, -0.25) is 9.59 Å². The Bertz CT molecular complexity index is 1250. The van der Waals surface area contributed by atoms with Crippen molar-refractivity contribution in [3.63, 3.8) is 0 Å². The third kappa shape index (κ3) is 5.34. The quantitative estimate of drug-likeness (QED) is 0.407. The summed E-state index contributed by atoms with van der Waals surface area (Å²) < 4.78 is 5.40. The molecule has 3 aromatic rings. The van der Waals surface area contributed by atoms with Gasteiger partial charge in [0.1, 0.15) is 6.54 Å². The summed E-state index contributed by atoms with van der Waals surface area (Å²) in [6, 6.07) is 5.10. The number of hydrogen-bond donors (Lipinski definition) is 3. The lowest BCUT2D eigenvalue weighted by Crippen LogP contribution is -2.40. The van der Waals surface area contributed by atoms with Crippen LogP contribution in [0.2, 0.25) is 5.02 Å². The van der Waals surface area contributed by atoms with E-state index in [2.05, 4.69) is 25.6 Å². The van der Waals surface area contributed by atoms with Crippen molar-refractivity contribution in [2.45, 2.75) is 31.5 Å². The molecule has 12 heteroatoms. The van der Waals surface area contributed by atoms with Crippen LogP contribution < -0.4 is 10.6 Å². The highest BCUT2D eigenvalue weighted by atomic mass is 35.5. The van der Waals surface area contributed by atoms with Gasteiger partial charge in [-0.05, 0) is 24.5 Å². The largest absolute Gasteiger partial charge is 0.394 e. The summed E-state index contributed by atoms with van der Waals surface area (Å²) in [4.78, 5) is 40.2. The second kappa shape index (κ2) is 10.9. The Balaban J connectivity index is 1.28. The van der Waals surface area contributed by atoms with Crippen LogP contribution in [0.5, 0.6) is 0 Å². The van der Waals surface area contributed by atoms with Gasteiger partial charge in [0.25, 0.3) is 5.91 Å². The molecular formula is C24H25ClN6O4S. The first kappa shape index (κ1) is 24.6. The van der Waals surface area contributed by atoms with Crippen molar-refractivity contribution in [3.05, 3.63) is 57.1 Å². The lowest BCUT2D eigenvalue weighted by atomic mass is 10.0. The van der Waals surface area contributed by atoms with Gasteiger partial charge < -0.3 is 25.4 Å². The highest BCUT2D eigenvalue weighted by molar-refractivity contribution is 7.07. The minimum absolute atomic E-state index is 0.128. The van der Waals surface area contributed by atoms with Crippen LogP contribution in [0.15, 0.2) is 35.3 Å². The zero-order valence-corrected chi connectivity index (χ0v) is 20.9. The second-order valence-corrected chi connectivity index (χ2v) is 9.80. The summed E-state index contributed by atoms with van der Waals surface area (Å²) in [5.41, 5.74) is 4.77. The van der Waals surface area contributed by atoms with E-state index < -0.39 is 6.04 Å². The first-order chi connectivity index (χ1) is 17.5. The molecule has 0 spiro atoms. The topological polar surface area (TPSA) is 130 Å². The molecule has 2 aliphatic heterocycles. The van der Waals surface area contributed by atoms with Crippen LogP contribution in [0, 0.1) is 0 Å². The van der Waals surface area contributed by atoms with E-state index in [0.29, 0.717) is 53.2 Å². The van der Waals surface area contributed by atoms with E-state index in [1.807, 2.05) is 12.1 Å². The number of ether oxygens (including phenoxy) is 1. The molecule has 0 radical (unpaired) electrons. The average Bonchev–Trinajstić information content (AvgIpc) is 3.53. The number of hydrogen-bond acceptors (Lipinski definition) is 9. The third-order valence-electron chi connectivity index (χ3n) is 6.22. The molecule has 4 heterocycles. The summed E-state index contributed by atoms with van der Waals surface area (Å²) in [6.45, 7) is 1.31. The number of aromatic nitrogens is 3. The standard InChI is InChI=1S/C24H25ClN6O4S/c25-18-8-26-24(28-16-3-5-35-6-4-16)30-22(18)14-1-2-15-9-31(23(34)17(15)7-14)10-21(33)29-19(11-32)20-12-36-13-27-20/h1-2,7-8,12-13,16,19,32H,3-6,9-11H2,(H,29,33)(H,26,28,30)/t19-/m1/s1. The lowest BCUT2D eigenvalue weighted by Gasteiger charge is -2.23. The molecular weight excluding hydrogens is 504 g/mol.